The van der Waals surface area contributed by atoms with E-state index in [1.807, 2.05) is 27.7 Å². The number of ether oxygens (including phenoxy) is 1. The summed E-state index contributed by atoms with van der Waals surface area (Å²) in [4.78, 5) is 27.2. The van der Waals surface area contributed by atoms with E-state index in [2.05, 4.69) is 5.32 Å². The number of fused-ring (bicyclic) bond motifs is 1. The lowest BCUT2D eigenvalue weighted by atomic mass is 9.92. The fourth-order valence-electron chi connectivity index (χ4n) is 3.29. The fraction of sp³-hybridized carbons (Fsp3) is 0.391. The maximum atomic E-state index is 13.0. The number of nitrogens with one attached hydrogen (secondary N) is 1. The lowest BCUT2D eigenvalue weighted by Gasteiger charge is -2.29. The smallest absolute Gasteiger partial charge is 0.416 e. The number of nitrogens with zero attached hydrogens (tertiary/aromatic N) is 1. The van der Waals surface area contributed by atoms with Gasteiger partial charge in [0.25, 0.3) is 5.91 Å². The SMILES string of the molecule is CC(C)CN1C(=O)C(C)(C)COc2cc(NC(=O)c3ccc(C(F)(F)F)cc3)ccc21. The van der Waals surface area contributed by atoms with Crippen molar-refractivity contribution in [3.8, 4) is 5.75 Å². The van der Waals surface area contributed by atoms with Crippen LogP contribution in [0.2, 0.25) is 0 Å². The highest BCUT2D eigenvalue weighted by Crippen LogP contribution is 2.38. The van der Waals surface area contributed by atoms with Crippen LogP contribution in [-0.2, 0) is 11.0 Å². The molecule has 0 radical (unpaired) electrons. The maximum Gasteiger partial charge on any atom is 0.416 e. The molecule has 0 aliphatic carbocycles. The summed E-state index contributed by atoms with van der Waals surface area (Å²) in [5, 5.41) is 2.67. The van der Waals surface area contributed by atoms with Crippen LogP contribution < -0.4 is 15.0 Å². The number of amides is 2. The highest BCUT2D eigenvalue weighted by molar-refractivity contribution is 6.05. The van der Waals surface area contributed by atoms with Crippen LogP contribution in [0.25, 0.3) is 0 Å². The summed E-state index contributed by atoms with van der Waals surface area (Å²) in [5.41, 5.74) is -0.393. The van der Waals surface area contributed by atoms with Crippen molar-refractivity contribution in [3.63, 3.8) is 0 Å². The zero-order valence-corrected chi connectivity index (χ0v) is 17.8. The number of rotatable bonds is 4. The summed E-state index contributed by atoms with van der Waals surface area (Å²) in [6.45, 7) is 8.39. The van der Waals surface area contributed by atoms with Crippen LogP contribution in [0.4, 0.5) is 24.5 Å². The zero-order valence-electron chi connectivity index (χ0n) is 17.8. The molecule has 0 fully saturated rings. The Kier molecular flexibility index (Phi) is 6.02. The minimum absolute atomic E-state index is 0.0403. The van der Waals surface area contributed by atoms with Gasteiger partial charge in [-0.1, -0.05) is 13.8 Å². The summed E-state index contributed by atoms with van der Waals surface area (Å²) in [5.74, 6) is 0.119. The Bertz CT molecular complexity index is 983. The lowest BCUT2D eigenvalue weighted by molar-refractivity contribution is -0.137. The second-order valence-electron chi connectivity index (χ2n) is 8.69. The first-order valence-corrected chi connectivity index (χ1v) is 9.96. The number of hydrogen-bond donors (Lipinski definition) is 1. The summed E-state index contributed by atoms with van der Waals surface area (Å²) in [6.07, 6.45) is -4.46. The van der Waals surface area contributed by atoms with Gasteiger partial charge in [0, 0.05) is 23.9 Å². The molecule has 2 aromatic rings. The molecule has 2 aromatic carbocycles. The van der Waals surface area contributed by atoms with Crippen molar-refractivity contribution in [2.45, 2.75) is 33.9 Å². The predicted molar refractivity (Wildman–Crippen MR) is 112 cm³/mol. The third-order valence-electron chi connectivity index (χ3n) is 4.94. The number of alkyl halides is 3. The molecule has 0 atom stereocenters. The van der Waals surface area contributed by atoms with Crippen LogP contribution in [0.5, 0.6) is 5.75 Å². The van der Waals surface area contributed by atoms with Gasteiger partial charge in [0.1, 0.15) is 12.4 Å². The molecule has 0 spiro atoms. The quantitative estimate of drug-likeness (QED) is 0.704. The zero-order chi connectivity index (χ0) is 23.0. The van der Waals surface area contributed by atoms with E-state index in [0.717, 1.165) is 24.3 Å². The number of carbonyl (C=O) groups excluding carboxylic acids is 2. The monoisotopic (exact) mass is 434 g/mol. The van der Waals surface area contributed by atoms with Crippen LogP contribution in [0.15, 0.2) is 42.5 Å². The van der Waals surface area contributed by atoms with Crippen LogP contribution in [0, 0.1) is 11.3 Å². The molecule has 166 valence electrons. The highest BCUT2D eigenvalue weighted by atomic mass is 19.4. The first-order chi connectivity index (χ1) is 14.4. The molecule has 8 heteroatoms. The average molecular weight is 434 g/mol. The van der Waals surface area contributed by atoms with Crippen molar-refractivity contribution in [1.29, 1.82) is 0 Å². The molecule has 1 N–H and O–H groups in total. The van der Waals surface area contributed by atoms with E-state index in [1.165, 1.54) is 0 Å². The lowest BCUT2D eigenvalue weighted by Crippen LogP contribution is -2.43. The first kappa shape index (κ1) is 22.7. The average Bonchev–Trinajstić information content (AvgIpc) is 2.77. The van der Waals surface area contributed by atoms with Gasteiger partial charge in [-0.05, 0) is 56.2 Å². The van der Waals surface area contributed by atoms with Crippen molar-refractivity contribution in [1.82, 2.24) is 0 Å². The number of hydrogen-bond acceptors (Lipinski definition) is 3. The minimum atomic E-state index is -4.46. The van der Waals surface area contributed by atoms with Gasteiger partial charge in [0.05, 0.1) is 16.7 Å². The molecule has 3 rings (SSSR count). The third-order valence-corrected chi connectivity index (χ3v) is 4.94. The van der Waals surface area contributed by atoms with E-state index >= 15 is 0 Å². The molecule has 5 nitrogen and oxygen atoms in total. The van der Waals surface area contributed by atoms with Gasteiger partial charge in [-0.25, -0.2) is 0 Å². The Labute approximate surface area is 179 Å². The summed E-state index contributed by atoms with van der Waals surface area (Å²) in [7, 11) is 0. The summed E-state index contributed by atoms with van der Waals surface area (Å²) in [6, 6.07) is 8.97. The fourth-order valence-corrected chi connectivity index (χ4v) is 3.29. The van der Waals surface area contributed by atoms with Crippen molar-refractivity contribution in [2.75, 3.05) is 23.4 Å². The van der Waals surface area contributed by atoms with Gasteiger partial charge in [0.15, 0.2) is 0 Å². The molecule has 0 bridgehead atoms. The van der Waals surface area contributed by atoms with E-state index in [0.29, 0.717) is 23.7 Å². The third kappa shape index (κ3) is 5.00. The Morgan fingerprint density at radius 2 is 1.81 bits per heavy atom. The molecule has 0 aromatic heterocycles. The summed E-state index contributed by atoms with van der Waals surface area (Å²) < 4.78 is 44.0. The molecule has 2 amide bonds. The molecule has 1 heterocycles. The molecule has 0 unspecified atom stereocenters. The van der Waals surface area contributed by atoms with Crippen LogP contribution in [-0.4, -0.2) is 25.0 Å². The number of carbonyl (C=O) groups is 2. The van der Waals surface area contributed by atoms with Gasteiger partial charge in [-0.2, -0.15) is 13.2 Å². The molecule has 31 heavy (non-hydrogen) atoms. The first-order valence-electron chi connectivity index (χ1n) is 9.96. The molecule has 1 aliphatic rings. The van der Waals surface area contributed by atoms with E-state index in [4.69, 9.17) is 4.74 Å². The summed E-state index contributed by atoms with van der Waals surface area (Å²) >= 11 is 0. The van der Waals surface area contributed by atoms with Crippen molar-refractivity contribution in [2.24, 2.45) is 11.3 Å². The topological polar surface area (TPSA) is 58.6 Å². The second kappa shape index (κ2) is 8.24. The molecular weight excluding hydrogens is 409 g/mol. The Morgan fingerprint density at radius 1 is 1.16 bits per heavy atom. The van der Waals surface area contributed by atoms with Gasteiger partial charge in [0.2, 0.25) is 5.91 Å². The Balaban J connectivity index is 1.85. The molecular formula is C23H25F3N2O3. The van der Waals surface area contributed by atoms with Crippen molar-refractivity contribution >= 4 is 23.2 Å². The highest BCUT2D eigenvalue weighted by Gasteiger charge is 2.38. The van der Waals surface area contributed by atoms with Gasteiger partial charge < -0.3 is 15.0 Å². The van der Waals surface area contributed by atoms with Crippen molar-refractivity contribution in [3.05, 3.63) is 53.6 Å². The van der Waals surface area contributed by atoms with Crippen LogP contribution in [0.3, 0.4) is 0 Å². The van der Waals surface area contributed by atoms with Crippen molar-refractivity contribution < 1.29 is 27.5 Å². The normalized spacial score (nSPS) is 15.9. The number of halogens is 3. The van der Waals surface area contributed by atoms with E-state index in [-0.39, 0.29) is 24.0 Å². The molecule has 0 saturated heterocycles. The standard InChI is InChI=1S/C23H25F3N2O3/c1-14(2)12-28-18-10-9-17(11-19(18)31-13-22(3,4)21(28)30)27-20(29)15-5-7-16(8-6-15)23(24,25)26/h5-11,14H,12-13H2,1-4H3,(H,27,29). The van der Waals surface area contributed by atoms with Crippen LogP contribution >= 0.6 is 0 Å². The van der Waals surface area contributed by atoms with E-state index in [9.17, 15) is 22.8 Å². The molecule has 0 saturated carbocycles. The maximum absolute atomic E-state index is 13.0. The Morgan fingerprint density at radius 3 is 2.39 bits per heavy atom. The van der Waals surface area contributed by atoms with E-state index < -0.39 is 23.1 Å². The largest absolute Gasteiger partial charge is 0.490 e. The predicted octanol–water partition coefficient (Wildman–Crippen LogP) is 5.37. The number of anilines is 2. The Hall–Kier alpha value is -3.03. The second-order valence-corrected chi connectivity index (χ2v) is 8.69. The van der Waals surface area contributed by atoms with E-state index in [1.54, 1.807) is 23.1 Å². The molecule has 1 aliphatic heterocycles. The number of benzene rings is 2. The van der Waals surface area contributed by atoms with Gasteiger partial charge in [-0.3, -0.25) is 9.59 Å². The van der Waals surface area contributed by atoms with Gasteiger partial charge >= 0.3 is 6.18 Å². The van der Waals surface area contributed by atoms with Gasteiger partial charge in [-0.15, -0.1) is 0 Å². The van der Waals surface area contributed by atoms with Crippen LogP contribution in [0.1, 0.15) is 43.6 Å². The minimum Gasteiger partial charge on any atom is -0.490 e.